The molecule has 3 heterocycles. The molecule has 2 N–H and O–H groups in total. The highest BCUT2D eigenvalue weighted by atomic mass is 19.1. The normalized spacial score (nSPS) is 18.3. The first kappa shape index (κ1) is 15.6. The number of nitrogens with zero attached hydrogens (tertiary/aromatic N) is 3. The average Bonchev–Trinajstić information content (AvgIpc) is 3.16. The van der Waals surface area contributed by atoms with Gasteiger partial charge >= 0.3 is 0 Å². The molecule has 2 aromatic rings. The molecular formula is C16H20FN5O. The van der Waals surface area contributed by atoms with Crippen LogP contribution in [-0.4, -0.2) is 38.8 Å². The number of rotatable bonds is 5. The third-order valence-electron chi connectivity index (χ3n) is 4.01. The topological polar surface area (TPSA) is 73.9 Å². The van der Waals surface area contributed by atoms with Gasteiger partial charge in [-0.15, -0.1) is 0 Å². The summed E-state index contributed by atoms with van der Waals surface area (Å²) in [4.78, 5) is 25.0. The summed E-state index contributed by atoms with van der Waals surface area (Å²) in [6.45, 7) is 4.54. The van der Waals surface area contributed by atoms with Crippen LogP contribution in [0.2, 0.25) is 0 Å². The van der Waals surface area contributed by atoms with Gasteiger partial charge in [-0.1, -0.05) is 0 Å². The SMILES string of the molecule is CC(=O)NCc1cnc([C@H]2CCN(Cc3ccc(F)cn3)C2)[nH]1. The molecule has 3 rings (SSSR count). The second-order valence-corrected chi connectivity index (χ2v) is 5.89. The summed E-state index contributed by atoms with van der Waals surface area (Å²) in [6, 6.07) is 3.16. The van der Waals surface area contributed by atoms with Crippen LogP contribution in [0.25, 0.3) is 0 Å². The average molecular weight is 317 g/mol. The summed E-state index contributed by atoms with van der Waals surface area (Å²) >= 11 is 0. The Labute approximate surface area is 134 Å². The maximum Gasteiger partial charge on any atom is 0.217 e. The lowest BCUT2D eigenvalue weighted by atomic mass is 10.1. The number of nitrogens with one attached hydrogen (secondary N) is 2. The molecule has 23 heavy (non-hydrogen) atoms. The smallest absolute Gasteiger partial charge is 0.217 e. The summed E-state index contributed by atoms with van der Waals surface area (Å²) in [6.07, 6.45) is 4.05. The van der Waals surface area contributed by atoms with E-state index in [1.807, 2.05) is 0 Å². The van der Waals surface area contributed by atoms with Crippen LogP contribution in [0.15, 0.2) is 24.5 Å². The van der Waals surface area contributed by atoms with Gasteiger partial charge in [0.25, 0.3) is 0 Å². The highest BCUT2D eigenvalue weighted by Crippen LogP contribution is 2.26. The number of pyridine rings is 1. The minimum Gasteiger partial charge on any atom is -0.351 e. The van der Waals surface area contributed by atoms with E-state index in [0.29, 0.717) is 12.5 Å². The van der Waals surface area contributed by atoms with Crippen molar-refractivity contribution in [2.45, 2.75) is 32.4 Å². The number of aromatic amines is 1. The van der Waals surface area contributed by atoms with Gasteiger partial charge in [0, 0.05) is 25.9 Å². The van der Waals surface area contributed by atoms with Crippen LogP contribution in [-0.2, 0) is 17.9 Å². The van der Waals surface area contributed by atoms with Crippen molar-refractivity contribution in [3.8, 4) is 0 Å². The molecule has 0 aliphatic carbocycles. The van der Waals surface area contributed by atoms with Gasteiger partial charge < -0.3 is 10.3 Å². The van der Waals surface area contributed by atoms with Gasteiger partial charge in [-0.2, -0.15) is 0 Å². The van der Waals surface area contributed by atoms with Crippen LogP contribution in [0, 0.1) is 5.82 Å². The first-order valence-corrected chi connectivity index (χ1v) is 7.71. The van der Waals surface area contributed by atoms with Crippen molar-refractivity contribution in [3.05, 3.63) is 47.6 Å². The lowest BCUT2D eigenvalue weighted by Gasteiger charge is -2.14. The molecule has 1 aliphatic rings. The number of hydrogen-bond donors (Lipinski definition) is 2. The fourth-order valence-electron chi connectivity index (χ4n) is 2.82. The van der Waals surface area contributed by atoms with Gasteiger partial charge in [-0.3, -0.25) is 14.7 Å². The number of amides is 1. The minimum atomic E-state index is -0.310. The highest BCUT2D eigenvalue weighted by molar-refractivity contribution is 5.72. The van der Waals surface area contributed by atoms with Gasteiger partial charge in [0.2, 0.25) is 5.91 Å². The number of imidazole rings is 1. The van der Waals surface area contributed by atoms with Gasteiger partial charge in [-0.25, -0.2) is 9.37 Å². The van der Waals surface area contributed by atoms with Crippen LogP contribution >= 0.6 is 0 Å². The number of aromatic nitrogens is 3. The Balaban J connectivity index is 1.55. The summed E-state index contributed by atoms with van der Waals surface area (Å²) < 4.78 is 12.9. The second-order valence-electron chi connectivity index (χ2n) is 5.89. The van der Waals surface area contributed by atoms with E-state index >= 15 is 0 Å². The van der Waals surface area contributed by atoms with Crippen LogP contribution in [0.5, 0.6) is 0 Å². The molecule has 122 valence electrons. The standard InChI is InChI=1S/C16H20FN5O/c1-11(23)18-7-15-8-20-16(21-15)12-4-5-22(9-12)10-14-3-2-13(17)6-19-14/h2-3,6,8,12H,4-5,7,9-10H2,1H3,(H,18,23)(H,20,21)/t12-/m0/s1. The lowest BCUT2D eigenvalue weighted by molar-refractivity contribution is -0.119. The number of H-pyrrole nitrogens is 1. The summed E-state index contributed by atoms with van der Waals surface area (Å²) in [7, 11) is 0. The molecule has 1 fully saturated rings. The van der Waals surface area contributed by atoms with Crippen molar-refractivity contribution in [1.82, 2.24) is 25.2 Å². The van der Waals surface area contributed by atoms with Gasteiger partial charge in [0.15, 0.2) is 0 Å². The molecule has 0 unspecified atom stereocenters. The zero-order chi connectivity index (χ0) is 16.2. The Hall–Kier alpha value is -2.28. The third kappa shape index (κ3) is 4.13. The van der Waals surface area contributed by atoms with E-state index < -0.39 is 0 Å². The van der Waals surface area contributed by atoms with Crippen LogP contribution in [0.1, 0.15) is 36.5 Å². The van der Waals surface area contributed by atoms with E-state index in [1.165, 1.54) is 19.2 Å². The monoisotopic (exact) mass is 317 g/mol. The van der Waals surface area contributed by atoms with Crippen LogP contribution in [0.3, 0.4) is 0 Å². The molecule has 1 atom stereocenters. The Bertz CT molecular complexity index is 669. The van der Waals surface area contributed by atoms with E-state index in [-0.39, 0.29) is 11.7 Å². The Morgan fingerprint density at radius 3 is 3.04 bits per heavy atom. The molecule has 1 saturated heterocycles. The lowest BCUT2D eigenvalue weighted by Crippen LogP contribution is -2.20. The van der Waals surface area contributed by atoms with Gasteiger partial charge in [-0.05, 0) is 25.1 Å². The fourth-order valence-corrected chi connectivity index (χ4v) is 2.82. The maximum atomic E-state index is 12.9. The molecule has 6 nitrogen and oxygen atoms in total. The number of carbonyl (C=O) groups excluding carboxylic acids is 1. The van der Waals surface area contributed by atoms with E-state index in [0.717, 1.165) is 43.3 Å². The van der Waals surface area contributed by atoms with E-state index in [9.17, 15) is 9.18 Å². The molecule has 7 heteroatoms. The van der Waals surface area contributed by atoms with Crippen LogP contribution in [0.4, 0.5) is 4.39 Å². The Kier molecular flexibility index (Phi) is 4.66. The fraction of sp³-hybridized carbons (Fsp3) is 0.438. The zero-order valence-electron chi connectivity index (χ0n) is 13.1. The number of carbonyl (C=O) groups is 1. The molecule has 0 bridgehead atoms. The molecule has 0 spiro atoms. The number of hydrogen-bond acceptors (Lipinski definition) is 4. The molecule has 2 aromatic heterocycles. The Morgan fingerprint density at radius 1 is 1.43 bits per heavy atom. The van der Waals surface area contributed by atoms with Crippen molar-refractivity contribution in [3.63, 3.8) is 0 Å². The first-order valence-electron chi connectivity index (χ1n) is 7.71. The molecule has 0 aromatic carbocycles. The molecule has 0 saturated carbocycles. The third-order valence-corrected chi connectivity index (χ3v) is 4.01. The second kappa shape index (κ2) is 6.87. The summed E-state index contributed by atoms with van der Waals surface area (Å²) in [5.41, 5.74) is 1.78. The summed E-state index contributed by atoms with van der Waals surface area (Å²) in [5, 5.41) is 2.75. The van der Waals surface area contributed by atoms with Crippen molar-refractivity contribution < 1.29 is 9.18 Å². The molecule has 1 aliphatic heterocycles. The first-order chi connectivity index (χ1) is 11.1. The van der Waals surface area contributed by atoms with Crippen molar-refractivity contribution in [1.29, 1.82) is 0 Å². The predicted octanol–water partition coefficient (Wildman–Crippen LogP) is 1.57. The summed E-state index contributed by atoms with van der Waals surface area (Å²) in [5.74, 6) is 0.941. The Morgan fingerprint density at radius 2 is 2.30 bits per heavy atom. The number of halogens is 1. The molecular weight excluding hydrogens is 297 g/mol. The van der Waals surface area contributed by atoms with Crippen molar-refractivity contribution in [2.75, 3.05) is 13.1 Å². The number of likely N-dealkylation sites (tertiary alicyclic amines) is 1. The maximum absolute atomic E-state index is 12.9. The zero-order valence-corrected chi connectivity index (χ0v) is 13.1. The van der Waals surface area contributed by atoms with E-state index in [2.05, 4.69) is 25.2 Å². The predicted molar refractivity (Wildman–Crippen MR) is 82.9 cm³/mol. The minimum absolute atomic E-state index is 0.0556. The van der Waals surface area contributed by atoms with E-state index in [4.69, 9.17) is 0 Å². The molecule has 1 amide bonds. The van der Waals surface area contributed by atoms with Gasteiger partial charge in [0.1, 0.15) is 11.6 Å². The highest BCUT2D eigenvalue weighted by Gasteiger charge is 2.26. The van der Waals surface area contributed by atoms with Crippen LogP contribution < -0.4 is 5.32 Å². The van der Waals surface area contributed by atoms with Crippen molar-refractivity contribution in [2.24, 2.45) is 0 Å². The molecule has 0 radical (unpaired) electrons. The van der Waals surface area contributed by atoms with E-state index in [1.54, 1.807) is 12.3 Å². The van der Waals surface area contributed by atoms with Crippen molar-refractivity contribution >= 4 is 5.91 Å². The van der Waals surface area contributed by atoms with Gasteiger partial charge in [0.05, 0.1) is 30.3 Å². The largest absolute Gasteiger partial charge is 0.351 e. The quantitative estimate of drug-likeness (QED) is 0.878.